The number of benzene rings is 2. The topological polar surface area (TPSA) is 37.3 Å². The van der Waals surface area contributed by atoms with E-state index < -0.39 is 12.7 Å². The first kappa shape index (κ1) is 23.6. The van der Waals surface area contributed by atoms with Crippen LogP contribution in [0.3, 0.4) is 0 Å². The molecule has 176 valence electrons. The van der Waals surface area contributed by atoms with Gasteiger partial charge in [-0.15, -0.1) is 12.4 Å². The number of fused-ring (bicyclic) bond motifs is 3. The molecule has 33 heavy (non-hydrogen) atoms. The number of carbonyl (C=O) groups is 1. The Morgan fingerprint density at radius 2 is 1.61 bits per heavy atom. The third-order valence-electron chi connectivity index (χ3n) is 6.96. The lowest BCUT2D eigenvalue weighted by molar-refractivity contribution is -0.155. The normalized spacial score (nSPS) is 22.8. The molecule has 4 nitrogen and oxygen atoms in total. The molecule has 5 rings (SSSR count). The Hall–Kier alpha value is -2.51. The van der Waals surface area contributed by atoms with Crippen LogP contribution in [0.2, 0.25) is 0 Å². The number of alkyl halides is 3. The summed E-state index contributed by atoms with van der Waals surface area (Å²) in [5, 5.41) is 4.05. The summed E-state index contributed by atoms with van der Waals surface area (Å²) in [7, 11) is 1.96. The first-order chi connectivity index (χ1) is 15.3. The summed E-state index contributed by atoms with van der Waals surface area (Å²) in [6.07, 6.45) is -1.55. The van der Waals surface area contributed by atoms with Crippen molar-refractivity contribution < 1.29 is 18.0 Å². The van der Waals surface area contributed by atoms with Gasteiger partial charge in [-0.3, -0.25) is 9.69 Å². The lowest BCUT2D eigenvalue weighted by atomic mass is 9.96. The van der Waals surface area contributed by atoms with Gasteiger partial charge in [-0.2, -0.15) is 13.2 Å². The summed E-state index contributed by atoms with van der Waals surface area (Å²) in [6.45, 7) is -0.857. The van der Waals surface area contributed by atoms with Crippen molar-refractivity contribution >= 4 is 29.2 Å². The highest BCUT2D eigenvalue weighted by atomic mass is 35.5. The average molecular weight is 478 g/mol. The van der Waals surface area contributed by atoms with Crippen LogP contribution in [0.25, 0.3) is 22.2 Å². The number of hydrogen-bond donors (Lipinski definition) is 1. The highest BCUT2D eigenvalue weighted by Crippen LogP contribution is 2.38. The summed E-state index contributed by atoms with van der Waals surface area (Å²) in [6, 6.07) is 17.3. The number of carbonyl (C=O) groups excluding carboxylic acids is 1. The largest absolute Gasteiger partial charge is 0.401 e. The van der Waals surface area contributed by atoms with Crippen molar-refractivity contribution in [3.05, 3.63) is 60.2 Å². The fourth-order valence-electron chi connectivity index (χ4n) is 5.67. The number of aromatic nitrogens is 1. The molecule has 1 aromatic heterocycles. The molecule has 0 saturated carbocycles. The van der Waals surface area contributed by atoms with Crippen LogP contribution < -0.4 is 5.32 Å². The van der Waals surface area contributed by atoms with Crippen molar-refractivity contribution in [1.82, 2.24) is 14.8 Å². The maximum absolute atomic E-state index is 13.6. The van der Waals surface area contributed by atoms with Gasteiger partial charge in [-0.1, -0.05) is 48.5 Å². The molecule has 2 unspecified atom stereocenters. The Balaban J connectivity index is 0.00000259. The Morgan fingerprint density at radius 1 is 1.00 bits per heavy atom. The molecule has 3 heterocycles. The zero-order valence-corrected chi connectivity index (χ0v) is 19.1. The number of halogens is 4. The molecule has 2 atom stereocenters. The molecule has 2 aromatic carbocycles. The lowest BCUT2D eigenvalue weighted by Crippen LogP contribution is -2.52. The summed E-state index contributed by atoms with van der Waals surface area (Å²) >= 11 is 0. The number of amides is 1. The first-order valence-electron chi connectivity index (χ1n) is 11.1. The Labute approximate surface area is 197 Å². The van der Waals surface area contributed by atoms with E-state index in [1.54, 1.807) is 4.90 Å². The fourth-order valence-corrected chi connectivity index (χ4v) is 5.67. The van der Waals surface area contributed by atoms with Gasteiger partial charge in [0, 0.05) is 36.1 Å². The fraction of sp³-hybridized carbons (Fsp3) is 0.400. The third-order valence-corrected chi connectivity index (χ3v) is 6.96. The minimum atomic E-state index is -4.19. The second kappa shape index (κ2) is 9.03. The van der Waals surface area contributed by atoms with Crippen molar-refractivity contribution in [3.63, 3.8) is 0 Å². The maximum atomic E-state index is 13.6. The van der Waals surface area contributed by atoms with Crippen molar-refractivity contribution in [3.8, 4) is 11.3 Å². The summed E-state index contributed by atoms with van der Waals surface area (Å²) in [5.41, 5.74) is 3.40. The van der Waals surface area contributed by atoms with E-state index in [0.717, 1.165) is 35.0 Å². The number of nitrogens with zero attached hydrogens (tertiary/aromatic N) is 2. The van der Waals surface area contributed by atoms with Gasteiger partial charge in [0.1, 0.15) is 0 Å². The van der Waals surface area contributed by atoms with Crippen LogP contribution in [0, 0.1) is 0 Å². The predicted octanol–water partition coefficient (Wildman–Crippen LogP) is 5.55. The molecule has 0 spiro atoms. The molecule has 2 bridgehead atoms. The number of para-hydroxylation sites is 1. The first-order valence-corrected chi connectivity index (χ1v) is 11.1. The molecule has 0 aliphatic carbocycles. The number of hydrogen-bond acceptors (Lipinski definition) is 2. The number of rotatable bonds is 4. The van der Waals surface area contributed by atoms with Gasteiger partial charge in [-0.25, -0.2) is 0 Å². The number of nitrogens with one attached hydrogen (secondary N) is 1. The minimum Gasteiger partial charge on any atom is -0.349 e. The Kier molecular flexibility index (Phi) is 6.47. The van der Waals surface area contributed by atoms with Crippen molar-refractivity contribution in [2.75, 3.05) is 6.54 Å². The molecular formula is C25H27ClF3N3O. The predicted molar refractivity (Wildman–Crippen MR) is 126 cm³/mol. The summed E-state index contributed by atoms with van der Waals surface area (Å²) < 4.78 is 41.0. The Bertz CT molecular complexity index is 1130. The number of aryl methyl sites for hydroxylation is 1. The lowest BCUT2D eigenvalue weighted by Gasteiger charge is -2.39. The molecule has 2 saturated heterocycles. The highest BCUT2D eigenvalue weighted by Gasteiger charge is 2.45. The monoisotopic (exact) mass is 477 g/mol. The van der Waals surface area contributed by atoms with Gasteiger partial charge in [0.15, 0.2) is 0 Å². The second-order valence-corrected chi connectivity index (χ2v) is 8.98. The molecule has 2 aliphatic rings. The average Bonchev–Trinajstić information content (AvgIpc) is 3.16. The molecule has 0 radical (unpaired) electrons. The van der Waals surface area contributed by atoms with Gasteiger partial charge in [0.25, 0.3) is 5.91 Å². The van der Waals surface area contributed by atoms with E-state index in [0.29, 0.717) is 18.4 Å². The molecular weight excluding hydrogens is 451 g/mol. The van der Waals surface area contributed by atoms with Crippen LogP contribution >= 0.6 is 12.4 Å². The molecule has 2 fully saturated rings. The van der Waals surface area contributed by atoms with Crippen LogP contribution in [-0.4, -0.2) is 46.2 Å². The van der Waals surface area contributed by atoms with Crippen LogP contribution in [0.1, 0.15) is 36.0 Å². The quantitative estimate of drug-likeness (QED) is 0.534. The van der Waals surface area contributed by atoms with Crippen molar-refractivity contribution in [1.29, 1.82) is 0 Å². The van der Waals surface area contributed by atoms with Gasteiger partial charge < -0.3 is 9.88 Å². The van der Waals surface area contributed by atoms with E-state index in [-0.39, 0.29) is 36.4 Å². The van der Waals surface area contributed by atoms with E-state index in [2.05, 4.69) is 5.32 Å². The molecule has 8 heteroatoms. The van der Waals surface area contributed by atoms with E-state index in [4.69, 9.17) is 0 Å². The zero-order chi connectivity index (χ0) is 22.5. The van der Waals surface area contributed by atoms with E-state index in [1.807, 2.05) is 66.2 Å². The van der Waals surface area contributed by atoms with Crippen LogP contribution in [0.5, 0.6) is 0 Å². The van der Waals surface area contributed by atoms with Crippen LogP contribution in [0.4, 0.5) is 13.2 Å². The van der Waals surface area contributed by atoms with E-state index in [1.165, 1.54) is 0 Å². The molecule has 2 aliphatic heterocycles. The Morgan fingerprint density at radius 3 is 2.24 bits per heavy atom. The molecule has 1 N–H and O–H groups in total. The summed E-state index contributed by atoms with van der Waals surface area (Å²) in [4.78, 5) is 15.2. The standard InChI is InChI=1S/C25H26F3N3O.ClH/c1-30-21-10-6-5-9-20(21)22(23(30)16-7-3-2-4-8-16)24(32)29-17-13-18-11-12-19(14-17)31(18)15-25(26,27)28;/h2-10,17-19H,11-15H2,1H3,(H,29,32);1H. The van der Waals surface area contributed by atoms with Gasteiger partial charge in [0.2, 0.25) is 0 Å². The molecule has 1 amide bonds. The van der Waals surface area contributed by atoms with Gasteiger partial charge >= 0.3 is 6.18 Å². The smallest absolute Gasteiger partial charge is 0.349 e. The van der Waals surface area contributed by atoms with Crippen LogP contribution in [-0.2, 0) is 7.05 Å². The zero-order valence-electron chi connectivity index (χ0n) is 18.3. The van der Waals surface area contributed by atoms with Gasteiger partial charge in [-0.05, 0) is 37.3 Å². The van der Waals surface area contributed by atoms with Crippen molar-refractivity contribution in [2.45, 2.75) is 50.0 Å². The summed E-state index contributed by atoms with van der Waals surface area (Å²) in [5.74, 6) is -0.158. The highest BCUT2D eigenvalue weighted by molar-refractivity contribution is 6.12. The van der Waals surface area contributed by atoms with Gasteiger partial charge in [0.05, 0.1) is 17.8 Å². The van der Waals surface area contributed by atoms with E-state index in [9.17, 15) is 18.0 Å². The van der Waals surface area contributed by atoms with Crippen LogP contribution in [0.15, 0.2) is 54.6 Å². The SMILES string of the molecule is Cl.Cn1c(-c2ccccc2)c(C(=O)NC2CC3CCC(C2)N3CC(F)(F)F)c2ccccc21. The second-order valence-electron chi connectivity index (χ2n) is 8.98. The van der Waals surface area contributed by atoms with Crippen molar-refractivity contribution in [2.24, 2.45) is 7.05 Å². The maximum Gasteiger partial charge on any atom is 0.401 e. The minimum absolute atomic E-state index is 0. The van der Waals surface area contributed by atoms with E-state index >= 15 is 0 Å². The third kappa shape index (κ3) is 4.49. The molecule has 3 aromatic rings. The number of piperidine rings is 1.